The van der Waals surface area contributed by atoms with E-state index in [1.165, 1.54) is 6.07 Å². The predicted molar refractivity (Wildman–Crippen MR) is 60.5 cm³/mol. The molecule has 0 unspecified atom stereocenters. The summed E-state index contributed by atoms with van der Waals surface area (Å²) in [5.74, 6) is -8.31. The number of carbonyl (C=O) groups excluding carboxylic acids is 1. The van der Waals surface area contributed by atoms with Crippen LogP contribution in [-0.2, 0) is 21.7 Å². The summed E-state index contributed by atoms with van der Waals surface area (Å²) < 4.78 is 57.3. The van der Waals surface area contributed by atoms with E-state index in [4.69, 9.17) is 4.65 Å². The van der Waals surface area contributed by atoms with Crippen LogP contribution in [0.15, 0.2) is 0 Å². The van der Waals surface area contributed by atoms with Crippen LogP contribution in [0.3, 0.4) is 0 Å². The fourth-order valence-corrected chi connectivity index (χ4v) is 1.09. The molecule has 7 heteroatoms. The van der Waals surface area contributed by atoms with Gasteiger partial charge in [-0.1, -0.05) is 11.6 Å². The van der Waals surface area contributed by atoms with E-state index in [2.05, 4.69) is 6.65 Å². The Morgan fingerprint density at radius 1 is 0.952 bits per heavy atom. The van der Waals surface area contributed by atoms with Crippen molar-refractivity contribution in [1.82, 2.24) is 0 Å². The third-order valence-electron chi connectivity index (χ3n) is 1.94. The van der Waals surface area contributed by atoms with Crippen molar-refractivity contribution < 1.29 is 44.1 Å². The molecule has 0 aliphatic heterocycles. The van der Waals surface area contributed by atoms with Gasteiger partial charge in [-0.15, -0.1) is 0 Å². The van der Waals surface area contributed by atoms with Gasteiger partial charge in [-0.3, -0.25) is 8.78 Å². The Bertz CT molecular complexity index is 478. The number of carbonyl (C=O) groups is 1. The second-order valence-corrected chi connectivity index (χ2v) is 3.27. The summed E-state index contributed by atoms with van der Waals surface area (Å²) in [4.78, 5) is 10.6. The fourth-order valence-electron chi connectivity index (χ4n) is 1.09. The molecule has 21 heavy (non-hydrogen) atoms. The number of hydrogen-bond donors (Lipinski definition) is 0. The number of rotatable bonds is 1. The first-order valence-corrected chi connectivity index (χ1v) is 5.08. The van der Waals surface area contributed by atoms with Crippen molar-refractivity contribution in [3.05, 3.63) is 73.7 Å². The van der Waals surface area contributed by atoms with Crippen LogP contribution in [-0.4, -0.2) is 5.78 Å². The zero-order chi connectivity index (χ0) is 15.7. The van der Waals surface area contributed by atoms with E-state index in [9.17, 15) is 22.4 Å². The van der Waals surface area contributed by atoms with Crippen LogP contribution >= 0.6 is 0 Å². The Labute approximate surface area is 131 Å². The molecule has 1 aliphatic rings. The zero-order valence-electron chi connectivity index (χ0n) is 10.6. The van der Waals surface area contributed by atoms with Crippen LogP contribution in [0.4, 0.5) is 17.6 Å². The van der Waals surface area contributed by atoms with Crippen LogP contribution in [0, 0.1) is 68.1 Å². The first-order chi connectivity index (χ1) is 9.45. The van der Waals surface area contributed by atoms with Crippen LogP contribution in [0.2, 0.25) is 0 Å². The van der Waals surface area contributed by atoms with Crippen LogP contribution < -0.4 is 0 Å². The molecule has 1 saturated carbocycles. The van der Waals surface area contributed by atoms with Gasteiger partial charge in [-0.25, -0.2) is 8.78 Å². The Kier molecular flexibility index (Phi) is 12.2. The maximum atomic E-state index is 12.7. The summed E-state index contributed by atoms with van der Waals surface area (Å²) in [5, 5.41) is 0. The molecule has 1 fully saturated rings. The first kappa shape index (κ1) is 22.2. The van der Waals surface area contributed by atoms with Crippen LogP contribution in [0.1, 0.15) is 17.3 Å². The average molecular weight is 340 g/mol. The Morgan fingerprint density at radius 2 is 1.33 bits per heavy atom. The summed E-state index contributed by atoms with van der Waals surface area (Å²) in [5.41, 5.74) is -0.920. The van der Waals surface area contributed by atoms with E-state index >= 15 is 0 Å². The quantitative estimate of drug-likeness (QED) is 0.147. The standard InChI is InChI=1S/C8H3F4O.C5H5.CO.Fe/c1-3(13)4-2-5(9)7(11)8(12)6(4)10;1-2-4-5-3-1;1-2;/h1H3;1-5H;;/q-1;;;+2. The molecule has 0 heterocycles. The summed E-state index contributed by atoms with van der Waals surface area (Å²) in [6.07, 6.45) is 10.0. The normalized spacial score (nSPS) is 12.1. The van der Waals surface area contributed by atoms with Crippen molar-refractivity contribution in [1.29, 1.82) is 0 Å². The molecule has 1 aromatic carbocycles. The monoisotopic (exact) mass is 340 g/mol. The van der Waals surface area contributed by atoms with E-state index < -0.39 is 34.6 Å². The molecule has 0 bridgehead atoms. The third-order valence-corrected chi connectivity index (χ3v) is 1.94. The van der Waals surface area contributed by atoms with Gasteiger partial charge >= 0.3 is 28.4 Å². The number of Topliss-reactive ketones (excluding diaryl/α,β-unsaturated/α-hetero) is 1. The molecule has 1 aliphatic carbocycles. The van der Waals surface area contributed by atoms with Gasteiger partial charge in [0.05, 0.1) is 17.4 Å². The second kappa shape index (κ2) is 11.5. The summed E-state index contributed by atoms with van der Waals surface area (Å²) >= 11 is 0. The molecule has 0 atom stereocenters. The summed E-state index contributed by atoms with van der Waals surface area (Å²) in [6.45, 7) is 5.39. The molecule has 2 rings (SSSR count). The van der Waals surface area contributed by atoms with Crippen molar-refractivity contribution in [3.63, 3.8) is 0 Å². The van der Waals surface area contributed by atoms with Gasteiger partial charge in [0.25, 0.3) is 0 Å². The molecule has 0 N–H and O–H groups in total. The summed E-state index contributed by atoms with van der Waals surface area (Å²) in [7, 11) is 0. The number of ketones is 1. The van der Waals surface area contributed by atoms with Gasteiger partial charge < -0.3 is 4.79 Å². The molecule has 2 nitrogen and oxygen atoms in total. The van der Waals surface area contributed by atoms with Gasteiger partial charge in [0.2, 0.25) is 0 Å². The maximum absolute atomic E-state index is 12.7. The second-order valence-electron chi connectivity index (χ2n) is 3.27. The van der Waals surface area contributed by atoms with Gasteiger partial charge in [-0.05, 0) is 39.0 Å². The SMILES string of the molecule is CC(=O)c1[c-]c(F)c(F)c(F)c1F.[C-]#[O+].[CH]1[CH][CH][CH][CH]1.[Fe+2]. The van der Waals surface area contributed by atoms with Crippen molar-refractivity contribution >= 4 is 5.78 Å². The zero-order valence-corrected chi connectivity index (χ0v) is 11.7. The number of benzene rings is 1. The van der Waals surface area contributed by atoms with Gasteiger partial charge in [-0.2, -0.15) is 0 Å². The van der Waals surface area contributed by atoms with E-state index in [-0.39, 0.29) is 17.1 Å². The Morgan fingerprint density at radius 3 is 1.67 bits per heavy atom. The van der Waals surface area contributed by atoms with E-state index in [1.807, 2.05) is 32.1 Å². The van der Waals surface area contributed by atoms with Gasteiger partial charge in [0, 0.05) is 0 Å². The largest absolute Gasteiger partial charge is 2.00 e. The molecule has 5 radical (unpaired) electrons. The smallest absolute Gasteiger partial charge is 0.0312 e. The number of hydrogen-bond acceptors (Lipinski definition) is 1. The minimum atomic E-state index is -2.00. The van der Waals surface area contributed by atoms with Crippen molar-refractivity contribution in [3.8, 4) is 0 Å². The van der Waals surface area contributed by atoms with Crippen LogP contribution in [0.25, 0.3) is 0 Å². The van der Waals surface area contributed by atoms with Crippen molar-refractivity contribution in [2.45, 2.75) is 6.92 Å². The summed E-state index contributed by atoms with van der Waals surface area (Å²) in [6, 6.07) is 1.48. The molecule has 0 amide bonds. The number of halogens is 4. The Hall–Kier alpha value is -1.13. The average Bonchev–Trinajstić information content (AvgIpc) is 3.02. The molecular formula is C14H8F4FeO2+. The minimum absolute atomic E-state index is 0. The molecule has 1 aromatic rings. The van der Waals surface area contributed by atoms with E-state index in [1.54, 1.807) is 0 Å². The molecular weight excluding hydrogens is 332 g/mol. The van der Waals surface area contributed by atoms with E-state index in [0.29, 0.717) is 0 Å². The topological polar surface area (TPSA) is 37.0 Å². The predicted octanol–water partition coefficient (Wildman–Crippen LogP) is 3.23. The molecule has 0 saturated heterocycles. The fraction of sp³-hybridized carbons (Fsp3) is 0.0714. The minimum Gasteiger partial charge on any atom is -0.0312 e. The van der Waals surface area contributed by atoms with Gasteiger partial charge in [0.15, 0.2) is 0 Å². The van der Waals surface area contributed by atoms with Crippen LogP contribution in [0.5, 0.6) is 0 Å². The molecule has 0 spiro atoms. The van der Waals surface area contributed by atoms with E-state index in [0.717, 1.165) is 6.92 Å². The van der Waals surface area contributed by atoms with Crippen molar-refractivity contribution in [2.24, 2.45) is 0 Å². The first-order valence-electron chi connectivity index (χ1n) is 5.08. The molecule has 0 aromatic heterocycles. The molecule has 111 valence electrons. The Balaban J connectivity index is 0. The van der Waals surface area contributed by atoms with Crippen molar-refractivity contribution in [2.75, 3.05) is 0 Å². The third kappa shape index (κ3) is 6.91. The maximum Gasteiger partial charge on any atom is 2.00 e. The van der Waals surface area contributed by atoms with Gasteiger partial charge in [0.1, 0.15) is 11.6 Å².